The molecule has 1 aliphatic rings. The van der Waals surface area contributed by atoms with E-state index < -0.39 is 0 Å². The van der Waals surface area contributed by atoms with Crippen LogP contribution in [0.4, 0.5) is 4.79 Å². The van der Waals surface area contributed by atoms with Crippen molar-refractivity contribution in [3.05, 3.63) is 33.8 Å². The molecule has 0 bridgehead atoms. The number of amides is 2. The van der Waals surface area contributed by atoms with E-state index in [9.17, 15) is 4.79 Å². The number of carbonyl (C=O) groups excluding carboxylic acids is 1. The smallest absolute Gasteiger partial charge is 0.318 e. The number of benzene rings is 1. The van der Waals surface area contributed by atoms with Crippen molar-refractivity contribution in [2.24, 2.45) is 5.92 Å². The van der Waals surface area contributed by atoms with Gasteiger partial charge in [0.25, 0.3) is 0 Å². The topological polar surface area (TPSA) is 35.6 Å². The first-order valence-electron chi connectivity index (χ1n) is 8.00. The highest BCUT2D eigenvalue weighted by atomic mass is 35.5. The van der Waals surface area contributed by atoms with Gasteiger partial charge in [0, 0.05) is 7.05 Å². The molecule has 1 aromatic carbocycles. The summed E-state index contributed by atoms with van der Waals surface area (Å²) in [6.45, 7) is 5.13. The first-order valence-corrected chi connectivity index (χ1v) is 8.76. The summed E-state index contributed by atoms with van der Waals surface area (Å²) in [7, 11) is 3.92. The van der Waals surface area contributed by atoms with Gasteiger partial charge in [0.1, 0.15) is 0 Å². The van der Waals surface area contributed by atoms with E-state index in [0.717, 1.165) is 18.5 Å². The monoisotopic (exact) mass is 357 g/mol. The van der Waals surface area contributed by atoms with E-state index in [1.54, 1.807) is 11.0 Å². The standard InChI is InChI=1S/C17H25Cl2N3O/c1-11-7-6-10-21(3)16(11)22(4)17(23)20-12(2)13-8-5-9-14(18)15(13)19/h5,8-9,11-12,16H,6-7,10H2,1-4H3,(H,20,23). The first kappa shape index (κ1) is 18.4. The summed E-state index contributed by atoms with van der Waals surface area (Å²) < 4.78 is 0. The second kappa shape index (κ2) is 7.73. The number of piperidine rings is 1. The van der Waals surface area contributed by atoms with Crippen molar-refractivity contribution in [2.75, 3.05) is 20.6 Å². The van der Waals surface area contributed by atoms with Crippen LogP contribution in [0.3, 0.4) is 0 Å². The molecule has 1 aromatic rings. The van der Waals surface area contributed by atoms with Gasteiger partial charge in [-0.25, -0.2) is 4.79 Å². The van der Waals surface area contributed by atoms with Gasteiger partial charge in [-0.05, 0) is 50.9 Å². The molecule has 23 heavy (non-hydrogen) atoms. The average Bonchev–Trinajstić information content (AvgIpc) is 2.49. The van der Waals surface area contributed by atoms with Crippen LogP contribution in [0, 0.1) is 5.92 Å². The third-order valence-corrected chi connectivity index (χ3v) is 5.47. The molecule has 1 aliphatic heterocycles. The fourth-order valence-corrected chi connectivity index (χ4v) is 3.87. The number of nitrogens with zero attached hydrogens (tertiary/aromatic N) is 2. The molecule has 2 amide bonds. The Morgan fingerprint density at radius 2 is 2.13 bits per heavy atom. The molecule has 3 unspecified atom stereocenters. The van der Waals surface area contributed by atoms with Crippen molar-refractivity contribution >= 4 is 29.2 Å². The van der Waals surface area contributed by atoms with Crippen LogP contribution in [0.25, 0.3) is 0 Å². The van der Waals surface area contributed by atoms with E-state index >= 15 is 0 Å². The van der Waals surface area contributed by atoms with Crippen molar-refractivity contribution in [1.29, 1.82) is 0 Å². The summed E-state index contributed by atoms with van der Waals surface area (Å²) in [6, 6.07) is 5.16. The van der Waals surface area contributed by atoms with Crippen LogP contribution in [0.5, 0.6) is 0 Å². The van der Waals surface area contributed by atoms with Crippen LogP contribution in [-0.4, -0.2) is 42.6 Å². The Labute approximate surface area is 148 Å². The van der Waals surface area contributed by atoms with Crippen LogP contribution in [0.2, 0.25) is 10.0 Å². The van der Waals surface area contributed by atoms with Crippen LogP contribution in [0.15, 0.2) is 18.2 Å². The Morgan fingerprint density at radius 3 is 2.78 bits per heavy atom. The Hall–Kier alpha value is -0.970. The summed E-state index contributed by atoms with van der Waals surface area (Å²) in [5, 5.41) is 4.01. The van der Waals surface area contributed by atoms with E-state index in [4.69, 9.17) is 23.2 Å². The predicted molar refractivity (Wildman–Crippen MR) is 96.0 cm³/mol. The Balaban J connectivity index is 2.07. The fraction of sp³-hybridized carbons (Fsp3) is 0.588. The fourth-order valence-electron chi connectivity index (χ4n) is 3.40. The summed E-state index contributed by atoms with van der Waals surface area (Å²) in [5.74, 6) is 0.453. The molecular formula is C17H25Cl2N3O. The maximum absolute atomic E-state index is 12.6. The van der Waals surface area contributed by atoms with Crippen LogP contribution in [0.1, 0.15) is 38.3 Å². The lowest BCUT2D eigenvalue weighted by atomic mass is 9.96. The molecule has 0 saturated carbocycles. The molecule has 0 aromatic heterocycles. The van der Waals surface area contributed by atoms with Crippen molar-refractivity contribution in [1.82, 2.24) is 15.1 Å². The van der Waals surface area contributed by atoms with Crippen molar-refractivity contribution < 1.29 is 4.79 Å². The molecule has 6 heteroatoms. The molecule has 3 atom stereocenters. The molecular weight excluding hydrogens is 333 g/mol. The van der Waals surface area contributed by atoms with Gasteiger partial charge >= 0.3 is 6.03 Å². The van der Waals surface area contributed by atoms with E-state index in [1.165, 1.54) is 6.42 Å². The van der Waals surface area contributed by atoms with Gasteiger partial charge in [-0.2, -0.15) is 0 Å². The van der Waals surface area contributed by atoms with E-state index in [1.807, 2.05) is 26.1 Å². The van der Waals surface area contributed by atoms with Gasteiger partial charge in [0.05, 0.1) is 22.3 Å². The van der Waals surface area contributed by atoms with Crippen molar-refractivity contribution in [3.8, 4) is 0 Å². The van der Waals surface area contributed by atoms with E-state index in [0.29, 0.717) is 16.0 Å². The third kappa shape index (κ3) is 4.11. The average molecular weight is 358 g/mol. The Kier molecular flexibility index (Phi) is 6.18. The number of rotatable bonds is 3. The Morgan fingerprint density at radius 1 is 1.43 bits per heavy atom. The molecule has 128 valence electrons. The Bertz CT molecular complexity index is 557. The van der Waals surface area contributed by atoms with Gasteiger partial charge in [-0.3, -0.25) is 4.90 Å². The minimum Gasteiger partial charge on any atom is -0.331 e. The molecule has 4 nitrogen and oxygen atoms in total. The molecule has 1 heterocycles. The van der Waals surface area contributed by atoms with Crippen LogP contribution in [-0.2, 0) is 0 Å². The lowest BCUT2D eigenvalue weighted by molar-refractivity contribution is 0.0305. The summed E-state index contributed by atoms with van der Waals surface area (Å²) in [6.07, 6.45) is 2.44. The quantitative estimate of drug-likeness (QED) is 0.870. The molecule has 2 rings (SSSR count). The van der Waals surface area contributed by atoms with Gasteiger partial charge in [-0.15, -0.1) is 0 Å². The molecule has 0 radical (unpaired) electrons. The van der Waals surface area contributed by atoms with Crippen LogP contribution < -0.4 is 5.32 Å². The molecule has 0 spiro atoms. The highest BCUT2D eigenvalue weighted by Crippen LogP contribution is 2.30. The zero-order valence-corrected chi connectivity index (χ0v) is 15.7. The van der Waals surface area contributed by atoms with Crippen molar-refractivity contribution in [2.45, 2.75) is 38.9 Å². The minimum atomic E-state index is -0.208. The number of nitrogens with one attached hydrogen (secondary N) is 1. The van der Waals surface area contributed by atoms with Crippen molar-refractivity contribution in [3.63, 3.8) is 0 Å². The summed E-state index contributed by atoms with van der Waals surface area (Å²) >= 11 is 12.3. The number of likely N-dealkylation sites (tertiary alicyclic amines) is 1. The SMILES string of the molecule is CC(NC(=O)N(C)C1C(C)CCCN1C)c1cccc(Cl)c1Cl. The summed E-state index contributed by atoms with van der Waals surface area (Å²) in [4.78, 5) is 16.7. The largest absolute Gasteiger partial charge is 0.331 e. The number of hydrogen-bond donors (Lipinski definition) is 1. The van der Waals surface area contributed by atoms with Gasteiger partial charge in [0.15, 0.2) is 0 Å². The van der Waals surface area contributed by atoms with Crippen LogP contribution >= 0.6 is 23.2 Å². The van der Waals surface area contributed by atoms with Gasteiger partial charge in [0.2, 0.25) is 0 Å². The zero-order valence-electron chi connectivity index (χ0n) is 14.1. The van der Waals surface area contributed by atoms with E-state index in [2.05, 4.69) is 24.2 Å². The second-order valence-corrected chi connectivity index (χ2v) is 7.22. The molecule has 1 fully saturated rings. The van der Waals surface area contributed by atoms with Gasteiger partial charge in [-0.1, -0.05) is 42.3 Å². The number of carbonyl (C=O) groups is 1. The molecule has 1 saturated heterocycles. The van der Waals surface area contributed by atoms with Gasteiger partial charge < -0.3 is 10.2 Å². The molecule has 0 aliphatic carbocycles. The maximum Gasteiger partial charge on any atom is 0.318 e. The minimum absolute atomic E-state index is 0.0980. The number of urea groups is 1. The predicted octanol–water partition coefficient (Wildman–Crippen LogP) is 4.38. The number of halogens is 2. The summed E-state index contributed by atoms with van der Waals surface area (Å²) in [5.41, 5.74) is 0.825. The zero-order chi connectivity index (χ0) is 17.1. The number of hydrogen-bond acceptors (Lipinski definition) is 2. The normalized spacial score (nSPS) is 23.4. The molecule has 1 N–H and O–H groups in total. The highest BCUT2D eigenvalue weighted by Gasteiger charge is 2.32. The lowest BCUT2D eigenvalue weighted by Crippen LogP contribution is -2.56. The lowest BCUT2D eigenvalue weighted by Gasteiger charge is -2.43. The third-order valence-electron chi connectivity index (χ3n) is 4.64. The maximum atomic E-state index is 12.6. The second-order valence-electron chi connectivity index (χ2n) is 6.44. The highest BCUT2D eigenvalue weighted by molar-refractivity contribution is 6.42. The first-order chi connectivity index (χ1) is 10.8. The van der Waals surface area contributed by atoms with E-state index in [-0.39, 0.29) is 18.2 Å².